The number of aryl methyl sites for hydroxylation is 2. The molecule has 156 valence electrons. The van der Waals surface area contributed by atoms with Gasteiger partial charge in [0, 0.05) is 11.1 Å². The number of hydrogen-bond donors (Lipinski definition) is 1. The lowest BCUT2D eigenvalue weighted by Gasteiger charge is -2.20. The minimum atomic E-state index is -1.19. The highest BCUT2D eigenvalue weighted by Gasteiger charge is 2.45. The highest BCUT2D eigenvalue weighted by atomic mass is 16.5. The molecule has 0 spiro atoms. The molecule has 3 amide bonds. The van der Waals surface area contributed by atoms with E-state index in [2.05, 4.69) is 5.32 Å². The van der Waals surface area contributed by atoms with Crippen LogP contribution in [0.15, 0.2) is 48.5 Å². The van der Waals surface area contributed by atoms with E-state index in [9.17, 15) is 19.2 Å². The van der Waals surface area contributed by atoms with Gasteiger partial charge in [0.2, 0.25) is 5.78 Å². The van der Waals surface area contributed by atoms with Gasteiger partial charge < -0.3 is 10.1 Å². The lowest BCUT2D eigenvalue weighted by Crippen LogP contribution is -2.41. The molecule has 30 heavy (non-hydrogen) atoms. The predicted molar refractivity (Wildman–Crippen MR) is 110 cm³/mol. The minimum absolute atomic E-state index is 0.385. The van der Waals surface area contributed by atoms with Crippen LogP contribution in [0.3, 0.4) is 0 Å². The molecule has 3 rings (SSSR count). The van der Waals surface area contributed by atoms with E-state index in [-0.39, 0.29) is 5.78 Å². The van der Waals surface area contributed by atoms with Gasteiger partial charge in [0.25, 0.3) is 5.91 Å². The molecule has 0 bridgehead atoms. The summed E-state index contributed by atoms with van der Waals surface area (Å²) in [6.45, 7) is 6.35. The monoisotopic (exact) mass is 408 g/mol. The standard InChI is InChI=1S/C23H24N2O5/c1-14-5-9-16(10-6-14)19(27)20(17-11-7-15(2)8-12-17)30-18(26)13-25-21(28)23(3,4)24-22(25)29/h5-12,20H,13H2,1-4H3,(H,24,29)/t20-/m0/s1. The first-order chi connectivity index (χ1) is 14.1. The van der Waals surface area contributed by atoms with Gasteiger partial charge in [0.1, 0.15) is 12.1 Å². The van der Waals surface area contributed by atoms with Crippen molar-refractivity contribution in [2.45, 2.75) is 39.3 Å². The Morgan fingerprint density at radius 2 is 1.50 bits per heavy atom. The Bertz CT molecular complexity index is 993. The second-order valence-electron chi connectivity index (χ2n) is 7.96. The quantitative estimate of drug-likeness (QED) is 0.450. The maximum atomic E-state index is 13.1. The molecule has 1 N–H and O–H groups in total. The van der Waals surface area contributed by atoms with Crippen LogP contribution >= 0.6 is 0 Å². The van der Waals surface area contributed by atoms with Crippen LogP contribution in [0, 0.1) is 13.8 Å². The first-order valence-electron chi connectivity index (χ1n) is 9.59. The number of amides is 3. The molecule has 2 aromatic carbocycles. The molecular weight excluding hydrogens is 384 g/mol. The predicted octanol–water partition coefficient (Wildman–Crippen LogP) is 3.10. The number of imide groups is 1. The van der Waals surface area contributed by atoms with Crippen molar-refractivity contribution in [2.24, 2.45) is 0 Å². The molecule has 0 saturated carbocycles. The molecule has 1 saturated heterocycles. The zero-order valence-corrected chi connectivity index (χ0v) is 17.4. The van der Waals surface area contributed by atoms with Gasteiger partial charge in [-0.25, -0.2) is 4.79 Å². The summed E-state index contributed by atoms with van der Waals surface area (Å²) in [5, 5.41) is 2.51. The second-order valence-corrected chi connectivity index (χ2v) is 7.96. The van der Waals surface area contributed by atoms with Crippen LogP contribution in [0.4, 0.5) is 4.79 Å². The Morgan fingerprint density at radius 3 is 2.00 bits per heavy atom. The molecule has 1 heterocycles. The zero-order chi connectivity index (χ0) is 22.1. The number of nitrogens with zero attached hydrogens (tertiary/aromatic N) is 1. The SMILES string of the molecule is Cc1ccc(C(=O)[C@@H](OC(=O)CN2C(=O)NC(C)(C)C2=O)c2ccc(C)cc2)cc1. The number of esters is 1. The number of rotatable bonds is 6. The Morgan fingerprint density at radius 1 is 0.967 bits per heavy atom. The van der Waals surface area contributed by atoms with E-state index in [1.165, 1.54) is 0 Å². The third-order valence-electron chi connectivity index (χ3n) is 4.94. The van der Waals surface area contributed by atoms with E-state index in [0.29, 0.717) is 11.1 Å². The van der Waals surface area contributed by atoms with Crippen LogP contribution in [0.1, 0.15) is 47.0 Å². The number of Topliss-reactive ketones (excluding diaryl/α,β-unsaturated/α-hetero) is 1. The third-order valence-corrected chi connectivity index (χ3v) is 4.94. The van der Waals surface area contributed by atoms with E-state index in [4.69, 9.17) is 4.74 Å². The van der Waals surface area contributed by atoms with Crippen LogP contribution in [0.5, 0.6) is 0 Å². The van der Waals surface area contributed by atoms with Crippen LogP contribution in [0.25, 0.3) is 0 Å². The zero-order valence-electron chi connectivity index (χ0n) is 17.4. The normalized spacial score (nSPS) is 16.2. The van der Waals surface area contributed by atoms with Crippen molar-refractivity contribution in [3.05, 3.63) is 70.8 Å². The van der Waals surface area contributed by atoms with Gasteiger partial charge >= 0.3 is 12.0 Å². The van der Waals surface area contributed by atoms with Crippen LogP contribution in [0.2, 0.25) is 0 Å². The number of carbonyl (C=O) groups is 4. The molecule has 1 aliphatic heterocycles. The van der Waals surface area contributed by atoms with E-state index >= 15 is 0 Å². The number of nitrogens with one attached hydrogen (secondary N) is 1. The number of carbonyl (C=O) groups excluding carboxylic acids is 4. The van der Waals surface area contributed by atoms with E-state index < -0.39 is 36.1 Å². The largest absolute Gasteiger partial charge is 0.448 e. The first-order valence-corrected chi connectivity index (χ1v) is 9.59. The lowest BCUT2D eigenvalue weighted by molar-refractivity contribution is -0.150. The van der Waals surface area contributed by atoms with Crippen LogP contribution < -0.4 is 5.32 Å². The molecular formula is C23H24N2O5. The van der Waals surface area contributed by atoms with Crippen LogP contribution in [-0.4, -0.2) is 40.7 Å². The molecule has 0 unspecified atom stereocenters. The Hall–Kier alpha value is -3.48. The topological polar surface area (TPSA) is 92.8 Å². The van der Waals surface area contributed by atoms with Crippen LogP contribution in [-0.2, 0) is 14.3 Å². The summed E-state index contributed by atoms with van der Waals surface area (Å²) in [7, 11) is 0. The number of urea groups is 1. The first kappa shape index (κ1) is 21.2. The van der Waals surface area contributed by atoms with Crippen molar-refractivity contribution < 1.29 is 23.9 Å². The number of benzene rings is 2. The molecule has 0 aliphatic carbocycles. The van der Waals surface area contributed by atoms with E-state index in [1.807, 2.05) is 26.0 Å². The summed E-state index contributed by atoms with van der Waals surface area (Å²) in [5.41, 5.74) is 1.81. The van der Waals surface area contributed by atoms with Crippen molar-refractivity contribution in [3.63, 3.8) is 0 Å². The van der Waals surface area contributed by atoms with Crippen molar-refractivity contribution in [1.29, 1.82) is 0 Å². The molecule has 0 aromatic heterocycles. The molecule has 2 aromatic rings. The van der Waals surface area contributed by atoms with Gasteiger partial charge in [-0.3, -0.25) is 19.3 Å². The summed E-state index contributed by atoms with van der Waals surface area (Å²) in [6.07, 6.45) is -1.19. The Balaban J connectivity index is 1.83. The lowest BCUT2D eigenvalue weighted by atomic mass is 9.98. The molecule has 1 aliphatic rings. The third kappa shape index (κ3) is 4.40. The average molecular weight is 408 g/mol. The van der Waals surface area contributed by atoms with Crippen molar-refractivity contribution in [1.82, 2.24) is 10.2 Å². The summed E-state index contributed by atoms with van der Waals surface area (Å²) < 4.78 is 5.49. The van der Waals surface area contributed by atoms with Crippen molar-refractivity contribution >= 4 is 23.7 Å². The maximum Gasteiger partial charge on any atom is 0.327 e. The molecule has 0 radical (unpaired) electrons. The van der Waals surface area contributed by atoms with Gasteiger partial charge in [-0.05, 0) is 27.7 Å². The molecule has 1 atom stereocenters. The van der Waals surface area contributed by atoms with Gasteiger partial charge in [0.05, 0.1) is 0 Å². The average Bonchev–Trinajstić information content (AvgIpc) is 2.88. The fourth-order valence-electron chi connectivity index (χ4n) is 3.14. The Kier molecular flexibility index (Phi) is 5.73. The van der Waals surface area contributed by atoms with Gasteiger partial charge in [0.15, 0.2) is 6.10 Å². The maximum absolute atomic E-state index is 13.1. The van der Waals surface area contributed by atoms with Crippen molar-refractivity contribution in [2.75, 3.05) is 6.54 Å². The summed E-state index contributed by atoms with van der Waals surface area (Å²) in [4.78, 5) is 50.9. The highest BCUT2D eigenvalue weighted by molar-refractivity contribution is 6.08. The molecule has 7 nitrogen and oxygen atoms in total. The highest BCUT2D eigenvalue weighted by Crippen LogP contribution is 2.24. The minimum Gasteiger partial charge on any atom is -0.448 e. The number of ether oxygens (including phenoxy) is 1. The van der Waals surface area contributed by atoms with E-state index in [0.717, 1.165) is 16.0 Å². The summed E-state index contributed by atoms with van der Waals surface area (Å²) in [5.74, 6) is -1.76. The van der Waals surface area contributed by atoms with Gasteiger partial charge in [-0.2, -0.15) is 0 Å². The van der Waals surface area contributed by atoms with Crippen molar-refractivity contribution in [3.8, 4) is 0 Å². The van der Waals surface area contributed by atoms with Gasteiger partial charge in [-0.15, -0.1) is 0 Å². The number of ketones is 1. The summed E-state index contributed by atoms with van der Waals surface area (Å²) >= 11 is 0. The Labute approximate surface area is 175 Å². The second kappa shape index (κ2) is 8.10. The fourth-order valence-corrected chi connectivity index (χ4v) is 3.14. The summed E-state index contributed by atoms with van der Waals surface area (Å²) in [6, 6.07) is 13.4. The number of hydrogen-bond acceptors (Lipinski definition) is 5. The van der Waals surface area contributed by atoms with Gasteiger partial charge in [-0.1, -0.05) is 59.7 Å². The molecule has 7 heteroatoms. The van der Waals surface area contributed by atoms with E-state index in [1.54, 1.807) is 50.2 Å². The fraction of sp³-hybridized carbons (Fsp3) is 0.304. The smallest absolute Gasteiger partial charge is 0.327 e. The molecule has 1 fully saturated rings.